The topological polar surface area (TPSA) is 539 Å². The smallest absolute Gasteiger partial charge is 0.705 e. The predicted molar refractivity (Wildman–Crippen MR) is 282 cm³/mol. The molecule has 0 spiro atoms. The summed E-state index contributed by atoms with van der Waals surface area (Å²) in [7, 11) is 3.44. The van der Waals surface area contributed by atoms with Gasteiger partial charge in [-0.25, -0.2) is 4.98 Å². The van der Waals surface area contributed by atoms with Crippen LogP contribution in [0.4, 0.5) is 5.82 Å². The average Bonchev–Trinajstić information content (AvgIpc) is 3.39. The van der Waals surface area contributed by atoms with Crippen molar-refractivity contribution in [3.8, 4) is 5.75 Å². The predicted octanol–water partition coefficient (Wildman–Crippen LogP) is -2.37. The van der Waals surface area contributed by atoms with Gasteiger partial charge in [0.2, 0.25) is 35.4 Å². The van der Waals surface area contributed by atoms with E-state index in [1.54, 1.807) is 6.07 Å². The van der Waals surface area contributed by atoms with Crippen molar-refractivity contribution in [1.29, 1.82) is 0 Å². The van der Waals surface area contributed by atoms with Crippen LogP contribution in [0.2, 0.25) is 0 Å². The summed E-state index contributed by atoms with van der Waals surface area (Å²) in [6.45, 7) is -0.110. The first-order chi connectivity index (χ1) is 37.9. The van der Waals surface area contributed by atoms with Crippen molar-refractivity contribution >= 4 is 77.1 Å². The molecule has 444 valence electrons. The Morgan fingerprint density at radius 3 is 1.75 bits per heavy atom. The summed E-state index contributed by atoms with van der Waals surface area (Å²) in [5.74, 6) is -10.1. The monoisotopic (exact) mass is 1230 g/mol. The zero-order valence-electron chi connectivity index (χ0n) is 43.8. The van der Waals surface area contributed by atoms with Crippen LogP contribution in [-0.4, -0.2) is 208 Å². The second-order valence-corrected chi connectivity index (χ2v) is 17.0. The molecule has 34 heteroatoms. The minimum absolute atomic E-state index is 0. The molecule has 1 fully saturated rings. The van der Waals surface area contributed by atoms with Gasteiger partial charge in [0.05, 0.1) is 25.9 Å². The number of rotatable bonds is 30. The summed E-state index contributed by atoms with van der Waals surface area (Å²) < 4.78 is 0. The maximum atomic E-state index is 13.9. The molecule has 6 amide bonds. The van der Waals surface area contributed by atoms with Gasteiger partial charge in [0.25, 0.3) is 17.9 Å². The third-order valence-electron chi connectivity index (χ3n) is 10.3. The Labute approximate surface area is 477 Å². The fourth-order valence-corrected chi connectivity index (χ4v) is 6.53. The molecule has 0 bridgehead atoms. The van der Waals surface area contributed by atoms with Crippen LogP contribution in [0.15, 0.2) is 52.7 Å². The zero-order chi connectivity index (χ0) is 60.0. The minimum atomic E-state index is -1.64. The van der Waals surface area contributed by atoms with E-state index in [1.165, 1.54) is 41.4 Å². The molecule has 2 aromatic rings. The molecule has 3 rings (SSSR count). The molecule has 1 aliphatic rings. The zero-order valence-corrected chi connectivity index (χ0v) is 45.6. The minimum Gasteiger partial charge on any atom is -0.705 e. The number of aliphatic imine (C=N–C) groups is 1. The van der Waals surface area contributed by atoms with E-state index in [9.17, 15) is 63.0 Å². The third kappa shape index (κ3) is 36.5. The first kappa shape index (κ1) is 72.7. The number of aromatic hydroxyl groups is 1. The molecule has 0 unspecified atom stereocenters. The van der Waals surface area contributed by atoms with Gasteiger partial charge in [-0.15, -0.1) is 6.54 Å². The van der Waals surface area contributed by atoms with E-state index in [2.05, 4.69) is 70.0 Å². The van der Waals surface area contributed by atoms with Crippen LogP contribution in [0.1, 0.15) is 49.7 Å². The van der Waals surface area contributed by atoms with Crippen LogP contribution in [0, 0.1) is 7.05 Å². The van der Waals surface area contributed by atoms with Gasteiger partial charge in [-0.2, -0.15) is 13.1 Å². The number of carboxylic acids is 5. The van der Waals surface area contributed by atoms with Gasteiger partial charge in [0, 0.05) is 25.7 Å². The molecule has 1 aromatic heterocycles. The van der Waals surface area contributed by atoms with E-state index >= 15 is 0 Å². The van der Waals surface area contributed by atoms with Crippen molar-refractivity contribution in [2.75, 3.05) is 72.0 Å². The molecule has 33 nitrogen and oxygen atoms in total. The Hall–Kier alpha value is -8.30. The number of phenols is 1. The number of amides is 6. The number of benzene rings is 1. The Morgan fingerprint density at radius 1 is 0.691 bits per heavy atom. The normalized spacial score (nSPS) is 16.3. The summed E-state index contributed by atoms with van der Waals surface area (Å²) in [5.41, 5.74) is 20.6. The van der Waals surface area contributed by atoms with Crippen molar-refractivity contribution in [3.63, 3.8) is 0 Å². The van der Waals surface area contributed by atoms with Gasteiger partial charge < -0.3 is 106 Å². The van der Waals surface area contributed by atoms with Crippen LogP contribution >= 0.6 is 0 Å². The number of nitrogens with two attached hydrogens (primary N) is 2. The standard InChI is InChI=1S/C34H45N12O9.C7H12N2O4.C6H10N2O4.Tc/c35-34(36)39-13-3-5-22-31(53)43-23(4-1-2-12-38-27(48)15-20-8-11-26(46-37)40-17-20)32(54)44-24(14-19-6-9-21(47)10-7-19)33(55)45-25(16-29(50)51)30(52)41-18-28(49)42-22;1-9(5-7(12)13)3-2-8-4-6(10)11;9-5(10)3-7-1-2-8-4-6(11)12;/h6-11,17,22-25,47H,1-5,12-16,18H2,(H,38,48)(H,41,52)(H,42,49)(H,43,53)(H,44,54)(H,45,55)(H,50,51)(H4,35,36,39);1-5H2,(H,10,11)(H,12,13);1-4H2,(H,9,10)(H,11,12);/q-1;2*-2;+5/t22-,23-,24+,25-;;;/m0.../s1/i;;;1+1. The summed E-state index contributed by atoms with van der Waals surface area (Å²) in [6.07, 6.45) is 1.32. The number of nitrogens with zero attached hydrogens (tertiary/aromatic N) is 8. The van der Waals surface area contributed by atoms with Crippen LogP contribution < -0.4 is 43.4 Å². The Morgan fingerprint density at radius 2 is 1.22 bits per heavy atom. The van der Waals surface area contributed by atoms with Gasteiger partial charge in [-0.3, -0.25) is 64.8 Å². The molecule has 1 aromatic carbocycles. The summed E-state index contributed by atoms with van der Waals surface area (Å²) in [6, 6.07) is 3.23. The number of hydrogen-bond donors (Lipinski definition) is 14. The summed E-state index contributed by atoms with van der Waals surface area (Å²) >= 11 is 0. The van der Waals surface area contributed by atoms with Gasteiger partial charge in [-0.1, -0.05) is 18.2 Å². The van der Waals surface area contributed by atoms with Crippen molar-refractivity contribution in [1.82, 2.24) is 41.8 Å². The first-order valence-corrected chi connectivity index (χ1v) is 24.3. The van der Waals surface area contributed by atoms with Crippen molar-refractivity contribution in [3.05, 3.63) is 82.3 Å². The molecular weight excluding hydrogens is 1160 g/mol. The van der Waals surface area contributed by atoms with Crippen molar-refractivity contribution < 1.29 is 103 Å². The van der Waals surface area contributed by atoms with Gasteiger partial charge in [-0.05, 0) is 87.6 Å². The largest absolute Gasteiger partial charge is 5.00 e. The number of unbranched alkanes of at least 4 members (excludes halogenated alkanes) is 1. The molecule has 4 atom stereocenters. The SMILES string of the molecule is O=C(O)C[N-]CC[N-]CC(=O)O.[99Tc+5].[CH2-]N(CC[N-]CC(=O)O)CC(=O)O.[N-]=Nc1ccc(CC(=O)NCCCC[C@@H]2NC(=O)[C@H](CCCN=C(N)N)NC(=O)CNC(=O)[C@H](CC(=O)O)NC(=O)[C@@H](Cc3ccc(O)cc3)NC2=O)cn1. The maximum Gasteiger partial charge on any atom is 5.00 e. The number of phenolic OH excluding ortho intramolecular Hbond substituents is 1. The first-order valence-electron chi connectivity index (χ1n) is 24.3. The number of carbonyl (C=O) groups excluding carboxylic acids is 6. The molecule has 16 N–H and O–H groups in total. The van der Waals surface area contributed by atoms with Crippen molar-refractivity contribution in [2.45, 2.75) is 75.5 Å². The molecule has 2 heterocycles. The molecule has 0 saturated carbocycles. The summed E-state index contributed by atoms with van der Waals surface area (Å²) in [4.78, 5) is 140. The number of aromatic nitrogens is 1. The van der Waals surface area contributed by atoms with Crippen LogP contribution in [-0.2, 0) is 85.7 Å². The van der Waals surface area contributed by atoms with E-state index in [-0.39, 0.29) is 135 Å². The molecule has 0 aliphatic carbocycles. The van der Waals surface area contributed by atoms with E-state index in [1.807, 2.05) is 0 Å². The molecule has 81 heavy (non-hydrogen) atoms. The van der Waals surface area contributed by atoms with Gasteiger partial charge >= 0.3 is 32.0 Å². The number of carbonyl (C=O) groups is 11. The van der Waals surface area contributed by atoms with Crippen LogP contribution in [0.5, 0.6) is 5.75 Å². The number of carboxylic acid groups (broad SMARTS) is 5. The third-order valence-corrected chi connectivity index (χ3v) is 10.3. The number of hydrogen-bond acceptors (Lipinski definition) is 16. The Bertz CT molecular complexity index is 2380. The Kier molecular flexibility index (Phi) is 37.4. The second kappa shape index (κ2) is 41.7. The fourth-order valence-electron chi connectivity index (χ4n) is 6.53. The quantitative estimate of drug-likeness (QED) is 0.0128. The van der Waals surface area contributed by atoms with Crippen LogP contribution in [0.25, 0.3) is 21.5 Å². The second-order valence-electron chi connectivity index (χ2n) is 17.0. The summed E-state index contributed by atoms with van der Waals surface area (Å²) in [5, 5.41) is 80.9. The molecule has 0 radical (unpaired) electrons. The van der Waals surface area contributed by atoms with Crippen molar-refractivity contribution in [2.24, 2.45) is 21.6 Å². The Balaban J connectivity index is 0.00000202. The van der Waals surface area contributed by atoms with Crippen LogP contribution in [0.3, 0.4) is 0 Å². The van der Waals surface area contributed by atoms with E-state index in [4.69, 9.17) is 37.4 Å². The van der Waals surface area contributed by atoms with Gasteiger partial charge in [0.1, 0.15) is 35.7 Å². The van der Waals surface area contributed by atoms with E-state index in [0.29, 0.717) is 30.5 Å². The molecule has 1 aliphatic heterocycles. The van der Waals surface area contributed by atoms with Gasteiger partial charge in [0.15, 0.2) is 5.96 Å². The number of pyridine rings is 1. The maximum absolute atomic E-state index is 13.9. The van der Waals surface area contributed by atoms with E-state index < -0.39 is 96.5 Å². The number of nitrogens with one attached hydrogen (secondary N) is 6. The number of aliphatic carboxylic acids is 5. The fraction of sp³-hybridized carbons (Fsp3) is 0.489. The van der Waals surface area contributed by atoms with E-state index in [0.717, 1.165) is 0 Å². The number of guanidine groups is 1. The molecule has 1 saturated heterocycles. The average molecular weight is 1230 g/mol. The molecular formula is C47H67N16O17Tc.